The zero-order valence-corrected chi connectivity index (χ0v) is 37.8. The van der Waals surface area contributed by atoms with Gasteiger partial charge >= 0.3 is 11.9 Å². The number of rotatable bonds is 42. The number of ether oxygens (including phenoxy) is 3. The number of quaternary nitrogens is 1. The Morgan fingerprint density at radius 1 is 0.544 bits per heavy atom. The summed E-state index contributed by atoms with van der Waals surface area (Å²) < 4.78 is 17.2. The molecule has 0 fully saturated rings. The minimum Gasteiger partial charge on any atom is -0.544 e. The standard InChI is InChI=1S/C49H89NO7/c1-6-8-10-12-14-16-18-20-22-23-24-26-27-29-31-33-35-37-39-47(51)56-44-45(43-55-42-41-46(49(53)54)50(3,4)5)57-48(52)40-38-36-34-32-30-28-25-21-19-17-15-13-11-9-7-2/h9,11,13,15,17,19,45-46H,6-8,10,12,14,16,18,20-44H2,1-5H3/b11-9+,15-13+,19-17+. The van der Waals surface area contributed by atoms with Crippen LogP contribution in [0.1, 0.15) is 206 Å². The lowest BCUT2D eigenvalue weighted by atomic mass is 10.0. The molecule has 0 aromatic heterocycles. The van der Waals surface area contributed by atoms with Crippen LogP contribution < -0.4 is 5.11 Å². The quantitative estimate of drug-likeness (QED) is 0.0262. The number of carboxylic acid groups (broad SMARTS) is 1. The first kappa shape index (κ1) is 54.6. The number of nitrogens with zero attached hydrogens (tertiary/aromatic N) is 1. The number of hydrogen-bond donors (Lipinski definition) is 0. The minimum atomic E-state index is -1.13. The van der Waals surface area contributed by atoms with E-state index in [4.69, 9.17) is 14.2 Å². The number of hydrogen-bond acceptors (Lipinski definition) is 7. The fraction of sp³-hybridized carbons (Fsp3) is 0.816. The highest BCUT2D eigenvalue weighted by molar-refractivity contribution is 5.70. The van der Waals surface area contributed by atoms with Crippen molar-refractivity contribution in [1.29, 1.82) is 0 Å². The molecule has 0 saturated heterocycles. The van der Waals surface area contributed by atoms with Gasteiger partial charge in [0.1, 0.15) is 12.6 Å². The SMILES string of the molecule is CC/C=C/C=C/C=C/CCCCCCCCCC(=O)OC(COCCC(C(=O)[O-])[N+](C)(C)C)COC(=O)CCCCCCCCCCCCCCCCCCCC. The molecular formula is C49H89NO7. The zero-order valence-electron chi connectivity index (χ0n) is 37.8. The van der Waals surface area contributed by atoms with Gasteiger partial charge in [-0.3, -0.25) is 9.59 Å². The molecule has 332 valence electrons. The highest BCUT2D eigenvalue weighted by Crippen LogP contribution is 2.16. The van der Waals surface area contributed by atoms with Crippen LogP contribution in [0.2, 0.25) is 0 Å². The Morgan fingerprint density at radius 3 is 1.44 bits per heavy atom. The molecule has 0 heterocycles. The molecule has 2 unspecified atom stereocenters. The van der Waals surface area contributed by atoms with Crippen molar-refractivity contribution in [3.05, 3.63) is 36.5 Å². The molecule has 0 saturated carbocycles. The highest BCUT2D eigenvalue weighted by Gasteiger charge is 2.25. The second-order valence-corrected chi connectivity index (χ2v) is 17.0. The molecule has 0 rings (SSSR count). The van der Waals surface area contributed by atoms with Crippen LogP contribution >= 0.6 is 0 Å². The number of likely N-dealkylation sites (N-methyl/N-ethyl adjacent to an activating group) is 1. The van der Waals surface area contributed by atoms with Gasteiger partial charge in [-0.25, -0.2) is 0 Å². The highest BCUT2D eigenvalue weighted by atomic mass is 16.6. The predicted molar refractivity (Wildman–Crippen MR) is 236 cm³/mol. The summed E-state index contributed by atoms with van der Waals surface area (Å²) in [4.78, 5) is 36.9. The molecule has 0 amide bonds. The second-order valence-electron chi connectivity index (χ2n) is 17.0. The predicted octanol–water partition coefficient (Wildman–Crippen LogP) is 11.7. The van der Waals surface area contributed by atoms with Crippen molar-refractivity contribution < 1.29 is 38.2 Å². The van der Waals surface area contributed by atoms with E-state index in [1.807, 2.05) is 0 Å². The van der Waals surface area contributed by atoms with Gasteiger partial charge in [-0.1, -0.05) is 192 Å². The summed E-state index contributed by atoms with van der Waals surface area (Å²) in [7, 11) is 5.41. The van der Waals surface area contributed by atoms with Crippen LogP contribution in [0, 0.1) is 0 Å². The summed E-state index contributed by atoms with van der Waals surface area (Å²) in [5.74, 6) is -1.74. The fourth-order valence-electron chi connectivity index (χ4n) is 6.95. The van der Waals surface area contributed by atoms with Crippen molar-refractivity contribution in [1.82, 2.24) is 0 Å². The molecule has 0 aliphatic carbocycles. The molecule has 8 heteroatoms. The Hall–Kier alpha value is -2.45. The fourth-order valence-corrected chi connectivity index (χ4v) is 6.95. The van der Waals surface area contributed by atoms with Gasteiger partial charge in [0.25, 0.3) is 0 Å². The molecule has 0 radical (unpaired) electrons. The molecule has 0 N–H and O–H groups in total. The molecule has 8 nitrogen and oxygen atoms in total. The molecule has 0 aliphatic heterocycles. The number of carbonyl (C=O) groups excluding carboxylic acids is 3. The van der Waals surface area contributed by atoms with Gasteiger partial charge in [0.2, 0.25) is 0 Å². The Balaban J connectivity index is 4.28. The number of esters is 2. The zero-order chi connectivity index (χ0) is 42.1. The van der Waals surface area contributed by atoms with Crippen molar-refractivity contribution in [2.45, 2.75) is 219 Å². The number of unbranched alkanes of at least 4 members (excludes halogenated alkanes) is 24. The normalized spacial score (nSPS) is 13.2. The van der Waals surface area contributed by atoms with Crippen molar-refractivity contribution in [2.24, 2.45) is 0 Å². The molecule has 0 aliphatic rings. The van der Waals surface area contributed by atoms with Crippen LogP contribution in [0.15, 0.2) is 36.5 Å². The second kappa shape index (κ2) is 40.3. The smallest absolute Gasteiger partial charge is 0.306 e. The lowest BCUT2D eigenvalue weighted by Crippen LogP contribution is -2.55. The van der Waals surface area contributed by atoms with Crippen LogP contribution in [-0.4, -0.2) is 75.5 Å². The molecule has 0 bridgehead atoms. The van der Waals surface area contributed by atoms with Gasteiger partial charge in [0.15, 0.2) is 6.10 Å². The number of carbonyl (C=O) groups is 3. The molecule has 0 aromatic rings. The molecule has 2 atom stereocenters. The van der Waals surface area contributed by atoms with E-state index in [1.165, 1.54) is 116 Å². The monoisotopic (exact) mass is 804 g/mol. The number of carboxylic acids is 1. The largest absolute Gasteiger partial charge is 0.544 e. The van der Waals surface area contributed by atoms with Gasteiger partial charge in [0.05, 0.1) is 40.3 Å². The van der Waals surface area contributed by atoms with Crippen molar-refractivity contribution >= 4 is 17.9 Å². The summed E-state index contributed by atoms with van der Waals surface area (Å²) in [6.45, 7) is 4.54. The van der Waals surface area contributed by atoms with Crippen LogP contribution in [0.5, 0.6) is 0 Å². The van der Waals surface area contributed by atoms with Gasteiger partial charge in [-0.2, -0.15) is 0 Å². The summed E-state index contributed by atoms with van der Waals surface area (Å²) in [6.07, 6.45) is 45.9. The maximum absolute atomic E-state index is 12.7. The Kier molecular flexibility index (Phi) is 38.6. The number of aliphatic carboxylic acids is 1. The van der Waals surface area contributed by atoms with Crippen molar-refractivity contribution in [2.75, 3.05) is 41.0 Å². The van der Waals surface area contributed by atoms with Crippen LogP contribution in [0.4, 0.5) is 0 Å². The Bertz CT molecular complexity index is 1030. The van der Waals surface area contributed by atoms with E-state index in [2.05, 4.69) is 50.3 Å². The summed E-state index contributed by atoms with van der Waals surface area (Å²) >= 11 is 0. The topological polar surface area (TPSA) is 102 Å². The number of allylic oxidation sites excluding steroid dienone is 6. The lowest BCUT2D eigenvalue weighted by molar-refractivity contribution is -0.889. The van der Waals surface area contributed by atoms with E-state index < -0.39 is 18.1 Å². The third-order valence-electron chi connectivity index (χ3n) is 10.6. The average molecular weight is 804 g/mol. The summed E-state index contributed by atoms with van der Waals surface area (Å²) in [5, 5.41) is 11.6. The van der Waals surface area contributed by atoms with E-state index in [0.717, 1.165) is 57.8 Å². The first-order valence-corrected chi connectivity index (χ1v) is 23.5. The first-order chi connectivity index (χ1) is 27.6. The molecule has 57 heavy (non-hydrogen) atoms. The van der Waals surface area contributed by atoms with Crippen molar-refractivity contribution in [3.63, 3.8) is 0 Å². The molecule has 0 aromatic carbocycles. The molecular weight excluding hydrogens is 715 g/mol. The van der Waals surface area contributed by atoms with Crippen LogP contribution in [-0.2, 0) is 28.6 Å². The maximum atomic E-state index is 12.7. The summed E-state index contributed by atoms with van der Waals surface area (Å²) in [6, 6.07) is -0.726. The third-order valence-corrected chi connectivity index (χ3v) is 10.6. The van der Waals surface area contributed by atoms with Crippen LogP contribution in [0.3, 0.4) is 0 Å². The lowest BCUT2D eigenvalue weighted by Gasteiger charge is -2.34. The third kappa shape index (κ3) is 38.8. The van der Waals surface area contributed by atoms with E-state index in [0.29, 0.717) is 12.8 Å². The van der Waals surface area contributed by atoms with Gasteiger partial charge in [0, 0.05) is 19.3 Å². The van der Waals surface area contributed by atoms with Gasteiger partial charge < -0.3 is 28.6 Å². The van der Waals surface area contributed by atoms with Crippen LogP contribution in [0.25, 0.3) is 0 Å². The van der Waals surface area contributed by atoms with Gasteiger partial charge in [-0.05, 0) is 32.1 Å². The van der Waals surface area contributed by atoms with Gasteiger partial charge in [-0.15, -0.1) is 0 Å². The minimum absolute atomic E-state index is 0.0382. The van der Waals surface area contributed by atoms with E-state index in [9.17, 15) is 19.5 Å². The van der Waals surface area contributed by atoms with E-state index >= 15 is 0 Å². The Morgan fingerprint density at radius 2 is 0.982 bits per heavy atom. The summed E-state index contributed by atoms with van der Waals surface area (Å²) in [5.41, 5.74) is 0. The van der Waals surface area contributed by atoms with E-state index in [1.54, 1.807) is 21.1 Å². The average Bonchev–Trinajstić information content (AvgIpc) is 3.17. The van der Waals surface area contributed by atoms with E-state index in [-0.39, 0.29) is 42.7 Å². The molecule has 0 spiro atoms. The van der Waals surface area contributed by atoms with Crippen molar-refractivity contribution in [3.8, 4) is 0 Å². The first-order valence-electron chi connectivity index (χ1n) is 23.5. The maximum Gasteiger partial charge on any atom is 0.306 e. The Labute approximate surface area is 351 Å².